The molecule has 0 unspecified atom stereocenters. The number of carbonyl (C=O) groups is 1. The zero-order valence-corrected chi connectivity index (χ0v) is 13.4. The van der Waals surface area contributed by atoms with E-state index in [9.17, 15) is 9.90 Å². The molecule has 0 aliphatic rings. The predicted molar refractivity (Wildman–Crippen MR) is 90.6 cm³/mol. The lowest BCUT2D eigenvalue weighted by Gasteiger charge is -2.09. The van der Waals surface area contributed by atoms with E-state index < -0.39 is 5.97 Å². The lowest BCUT2D eigenvalue weighted by Crippen LogP contribution is -2.07. The number of halogens is 1. The van der Waals surface area contributed by atoms with E-state index in [1.54, 1.807) is 12.3 Å². The molecule has 0 aliphatic carbocycles. The molecule has 0 saturated heterocycles. The van der Waals surface area contributed by atoms with Crippen LogP contribution in [-0.2, 0) is 6.54 Å². The molecule has 0 aliphatic heterocycles. The van der Waals surface area contributed by atoms with Crippen molar-refractivity contribution >= 4 is 28.5 Å². The molecule has 4 nitrogen and oxygen atoms in total. The van der Waals surface area contributed by atoms with Gasteiger partial charge in [-0.1, -0.05) is 29.8 Å². The summed E-state index contributed by atoms with van der Waals surface area (Å²) >= 11 is 5.99. The Hall–Kier alpha value is -2.46. The molecule has 3 rings (SSSR count). The Labute approximate surface area is 138 Å². The largest absolute Gasteiger partial charge is 0.492 e. The first-order chi connectivity index (χ1) is 11.1. The van der Waals surface area contributed by atoms with Gasteiger partial charge < -0.3 is 14.4 Å². The van der Waals surface area contributed by atoms with Gasteiger partial charge in [0.05, 0.1) is 12.1 Å². The number of hydrogen-bond acceptors (Lipinski definition) is 2. The van der Waals surface area contributed by atoms with Crippen LogP contribution in [0, 0.1) is 6.92 Å². The van der Waals surface area contributed by atoms with Crippen LogP contribution >= 0.6 is 11.6 Å². The Morgan fingerprint density at radius 2 is 2.04 bits per heavy atom. The number of aryl methyl sites for hydroxylation is 1. The minimum Gasteiger partial charge on any atom is -0.492 e. The SMILES string of the molecule is Cc1cc(OCCn2cc(C(=O)O)c3ccccc32)ccc1Cl. The summed E-state index contributed by atoms with van der Waals surface area (Å²) in [6.07, 6.45) is 1.66. The minimum absolute atomic E-state index is 0.308. The summed E-state index contributed by atoms with van der Waals surface area (Å²) in [6, 6.07) is 13.0. The molecular weight excluding hydrogens is 314 g/mol. The second kappa shape index (κ2) is 6.34. The summed E-state index contributed by atoms with van der Waals surface area (Å²) in [5.41, 5.74) is 2.16. The van der Waals surface area contributed by atoms with Gasteiger partial charge in [0.15, 0.2) is 0 Å². The number of benzene rings is 2. The number of hydrogen-bond donors (Lipinski definition) is 1. The van der Waals surface area contributed by atoms with E-state index in [0.29, 0.717) is 23.7 Å². The molecule has 23 heavy (non-hydrogen) atoms. The number of carboxylic acids is 1. The lowest BCUT2D eigenvalue weighted by atomic mass is 10.2. The second-order valence-corrected chi connectivity index (χ2v) is 5.73. The molecule has 5 heteroatoms. The van der Waals surface area contributed by atoms with E-state index in [1.165, 1.54) is 0 Å². The number of aromatic carboxylic acids is 1. The fourth-order valence-electron chi connectivity index (χ4n) is 2.57. The zero-order chi connectivity index (χ0) is 16.4. The van der Waals surface area contributed by atoms with E-state index in [-0.39, 0.29) is 0 Å². The number of aromatic nitrogens is 1. The van der Waals surface area contributed by atoms with Gasteiger partial charge >= 0.3 is 5.97 Å². The molecule has 0 radical (unpaired) electrons. The Bertz CT molecular complexity index is 870. The van der Waals surface area contributed by atoms with Crippen LogP contribution in [0.4, 0.5) is 0 Å². The maximum atomic E-state index is 11.3. The molecule has 0 bridgehead atoms. The summed E-state index contributed by atoms with van der Waals surface area (Å²) < 4.78 is 7.64. The standard InChI is InChI=1S/C18H16ClNO3/c1-12-10-13(6-7-16(12)19)23-9-8-20-11-15(18(21)22)14-4-2-3-5-17(14)20/h2-7,10-11H,8-9H2,1H3,(H,21,22). The number of ether oxygens (including phenoxy) is 1. The van der Waals surface area contributed by atoms with Gasteiger partial charge in [0.1, 0.15) is 12.4 Å². The molecule has 0 saturated carbocycles. The average Bonchev–Trinajstić information content (AvgIpc) is 2.90. The van der Waals surface area contributed by atoms with Gasteiger partial charge in [0, 0.05) is 22.1 Å². The smallest absolute Gasteiger partial charge is 0.337 e. The van der Waals surface area contributed by atoms with Crippen LogP contribution in [0.15, 0.2) is 48.7 Å². The first kappa shape index (κ1) is 15.4. The van der Waals surface area contributed by atoms with Crippen molar-refractivity contribution in [3.8, 4) is 5.75 Å². The molecule has 2 aromatic carbocycles. The van der Waals surface area contributed by atoms with Crippen LogP contribution in [0.25, 0.3) is 10.9 Å². The van der Waals surface area contributed by atoms with Crippen molar-refractivity contribution in [1.82, 2.24) is 4.57 Å². The number of nitrogens with zero attached hydrogens (tertiary/aromatic N) is 1. The number of para-hydroxylation sites is 1. The van der Waals surface area contributed by atoms with Crippen molar-refractivity contribution in [2.24, 2.45) is 0 Å². The van der Waals surface area contributed by atoms with Crippen LogP contribution in [0.5, 0.6) is 5.75 Å². The van der Waals surface area contributed by atoms with Crippen molar-refractivity contribution in [3.63, 3.8) is 0 Å². The maximum Gasteiger partial charge on any atom is 0.337 e. The fourth-order valence-corrected chi connectivity index (χ4v) is 2.69. The Morgan fingerprint density at radius 3 is 2.78 bits per heavy atom. The highest BCUT2D eigenvalue weighted by atomic mass is 35.5. The molecule has 0 spiro atoms. The quantitative estimate of drug-likeness (QED) is 0.755. The highest BCUT2D eigenvalue weighted by molar-refractivity contribution is 6.31. The van der Waals surface area contributed by atoms with Gasteiger partial charge in [-0.3, -0.25) is 0 Å². The molecule has 1 N–H and O–H groups in total. The van der Waals surface area contributed by atoms with E-state index in [0.717, 1.165) is 22.2 Å². The van der Waals surface area contributed by atoms with Gasteiger partial charge in [0.25, 0.3) is 0 Å². The van der Waals surface area contributed by atoms with Crippen molar-refractivity contribution in [2.75, 3.05) is 6.61 Å². The minimum atomic E-state index is -0.922. The summed E-state index contributed by atoms with van der Waals surface area (Å²) in [5.74, 6) is -0.170. The number of carboxylic acid groups (broad SMARTS) is 1. The zero-order valence-electron chi connectivity index (χ0n) is 12.6. The third-order valence-electron chi connectivity index (χ3n) is 3.75. The van der Waals surface area contributed by atoms with E-state index in [2.05, 4.69) is 0 Å². The Morgan fingerprint density at radius 1 is 1.26 bits per heavy atom. The molecule has 1 aromatic heterocycles. The van der Waals surface area contributed by atoms with Crippen molar-refractivity contribution in [2.45, 2.75) is 13.5 Å². The Balaban J connectivity index is 1.77. The van der Waals surface area contributed by atoms with Crippen molar-refractivity contribution < 1.29 is 14.6 Å². The molecular formula is C18H16ClNO3. The number of rotatable bonds is 5. The monoisotopic (exact) mass is 329 g/mol. The van der Waals surface area contributed by atoms with E-state index in [1.807, 2.05) is 47.9 Å². The predicted octanol–water partition coefficient (Wildman–Crippen LogP) is 4.38. The lowest BCUT2D eigenvalue weighted by molar-refractivity contribution is 0.0698. The normalized spacial score (nSPS) is 10.9. The van der Waals surface area contributed by atoms with Gasteiger partial charge in [-0.15, -0.1) is 0 Å². The first-order valence-electron chi connectivity index (χ1n) is 7.26. The second-order valence-electron chi connectivity index (χ2n) is 5.32. The van der Waals surface area contributed by atoms with Crippen LogP contribution < -0.4 is 4.74 Å². The highest BCUT2D eigenvalue weighted by Gasteiger charge is 2.13. The van der Waals surface area contributed by atoms with E-state index >= 15 is 0 Å². The first-order valence-corrected chi connectivity index (χ1v) is 7.64. The van der Waals surface area contributed by atoms with Crippen LogP contribution in [0.2, 0.25) is 5.02 Å². The third kappa shape index (κ3) is 3.17. The number of fused-ring (bicyclic) bond motifs is 1. The fraction of sp³-hybridized carbons (Fsp3) is 0.167. The van der Waals surface area contributed by atoms with Crippen molar-refractivity contribution in [1.29, 1.82) is 0 Å². The van der Waals surface area contributed by atoms with Crippen LogP contribution in [0.3, 0.4) is 0 Å². The molecule has 0 fully saturated rings. The van der Waals surface area contributed by atoms with Gasteiger partial charge in [0.2, 0.25) is 0 Å². The van der Waals surface area contributed by atoms with Gasteiger partial charge in [-0.2, -0.15) is 0 Å². The van der Waals surface area contributed by atoms with Gasteiger partial charge in [-0.25, -0.2) is 4.79 Å². The Kier molecular flexibility index (Phi) is 4.26. The van der Waals surface area contributed by atoms with Gasteiger partial charge in [-0.05, 0) is 36.8 Å². The summed E-state index contributed by atoms with van der Waals surface area (Å²) in [5, 5.41) is 10.7. The summed E-state index contributed by atoms with van der Waals surface area (Å²) in [4.78, 5) is 11.3. The van der Waals surface area contributed by atoms with Crippen LogP contribution in [-0.4, -0.2) is 22.2 Å². The maximum absolute atomic E-state index is 11.3. The molecule has 0 amide bonds. The third-order valence-corrected chi connectivity index (χ3v) is 4.17. The summed E-state index contributed by atoms with van der Waals surface area (Å²) in [6.45, 7) is 2.93. The highest BCUT2D eigenvalue weighted by Crippen LogP contribution is 2.23. The average molecular weight is 330 g/mol. The summed E-state index contributed by atoms with van der Waals surface area (Å²) in [7, 11) is 0. The molecule has 3 aromatic rings. The molecule has 1 heterocycles. The van der Waals surface area contributed by atoms with Crippen molar-refractivity contribution in [3.05, 3.63) is 64.8 Å². The topological polar surface area (TPSA) is 51.5 Å². The van der Waals surface area contributed by atoms with Crippen LogP contribution in [0.1, 0.15) is 15.9 Å². The molecule has 118 valence electrons. The van der Waals surface area contributed by atoms with E-state index in [4.69, 9.17) is 16.3 Å². The molecule has 0 atom stereocenters.